The number of thiazole rings is 1. The van der Waals surface area contributed by atoms with Gasteiger partial charge in [-0.05, 0) is 18.2 Å². The summed E-state index contributed by atoms with van der Waals surface area (Å²) in [6.45, 7) is 3.28. The van der Waals surface area contributed by atoms with Crippen LogP contribution in [0, 0.1) is 0 Å². The van der Waals surface area contributed by atoms with Crippen molar-refractivity contribution in [2.24, 2.45) is 7.05 Å². The summed E-state index contributed by atoms with van der Waals surface area (Å²) in [5, 5.41) is 3.76. The molecule has 3 heterocycles. The minimum atomic E-state index is 0.0629. The maximum Gasteiger partial charge on any atom is 0.123 e. The molecule has 1 aromatic carbocycles. The van der Waals surface area contributed by atoms with Crippen molar-refractivity contribution in [3.8, 4) is 0 Å². The molecule has 1 fully saturated rings. The number of aryl methyl sites for hydroxylation is 1. The maximum absolute atomic E-state index is 6.07. The molecule has 0 aliphatic carbocycles. The van der Waals surface area contributed by atoms with Gasteiger partial charge < -0.3 is 9.30 Å². The molecule has 2 aromatic heterocycles. The molecule has 1 aliphatic heterocycles. The minimum absolute atomic E-state index is 0.0629. The predicted molar refractivity (Wildman–Crippen MR) is 91.8 cm³/mol. The lowest BCUT2D eigenvalue weighted by atomic mass is 10.3. The van der Waals surface area contributed by atoms with Crippen LogP contribution in [0.3, 0.4) is 0 Å². The van der Waals surface area contributed by atoms with E-state index in [9.17, 15) is 0 Å². The van der Waals surface area contributed by atoms with E-state index in [2.05, 4.69) is 21.5 Å². The van der Waals surface area contributed by atoms with E-state index in [-0.39, 0.29) is 6.10 Å². The van der Waals surface area contributed by atoms with E-state index in [0.717, 1.165) is 53.1 Å². The third-order valence-corrected chi connectivity index (χ3v) is 5.28. The second-order valence-corrected chi connectivity index (χ2v) is 7.05. The van der Waals surface area contributed by atoms with Crippen LogP contribution in [-0.4, -0.2) is 39.1 Å². The molecule has 0 radical (unpaired) electrons. The Morgan fingerprint density at radius 1 is 1.43 bits per heavy atom. The largest absolute Gasteiger partial charge is 0.368 e. The lowest BCUT2D eigenvalue weighted by Crippen LogP contribution is -2.38. The Labute approximate surface area is 143 Å². The zero-order valence-electron chi connectivity index (χ0n) is 12.8. The molecule has 0 saturated carbocycles. The number of morpholine rings is 1. The summed E-state index contributed by atoms with van der Waals surface area (Å²) in [7, 11) is 2.05. The number of hydrogen-bond donors (Lipinski definition) is 0. The first kappa shape index (κ1) is 15.1. The van der Waals surface area contributed by atoms with E-state index in [0.29, 0.717) is 0 Å². The Hall–Kier alpha value is -1.47. The molecule has 120 valence electrons. The van der Waals surface area contributed by atoms with Gasteiger partial charge in [0.25, 0.3) is 0 Å². The lowest BCUT2D eigenvalue weighted by molar-refractivity contribution is -0.0339. The first-order valence-electron chi connectivity index (χ1n) is 7.55. The third kappa shape index (κ3) is 2.99. The van der Waals surface area contributed by atoms with Crippen molar-refractivity contribution in [1.82, 2.24) is 19.4 Å². The molecule has 5 nitrogen and oxygen atoms in total. The fraction of sp³-hybridized carbons (Fsp3) is 0.375. The van der Waals surface area contributed by atoms with Crippen LogP contribution in [0.4, 0.5) is 0 Å². The Morgan fingerprint density at radius 3 is 3.17 bits per heavy atom. The van der Waals surface area contributed by atoms with E-state index in [1.165, 1.54) is 0 Å². The molecule has 4 rings (SSSR count). The first-order chi connectivity index (χ1) is 11.2. The van der Waals surface area contributed by atoms with E-state index in [1.807, 2.05) is 29.8 Å². The van der Waals surface area contributed by atoms with Crippen molar-refractivity contribution in [2.75, 3.05) is 19.7 Å². The van der Waals surface area contributed by atoms with Crippen LogP contribution >= 0.6 is 22.9 Å². The number of nitrogens with zero attached hydrogens (tertiary/aromatic N) is 4. The number of hydrogen-bond acceptors (Lipinski definition) is 5. The van der Waals surface area contributed by atoms with Crippen LogP contribution in [0.1, 0.15) is 16.9 Å². The molecule has 0 amide bonds. The van der Waals surface area contributed by atoms with Crippen molar-refractivity contribution in [3.05, 3.63) is 45.6 Å². The second-order valence-electron chi connectivity index (χ2n) is 5.68. The highest BCUT2D eigenvalue weighted by Gasteiger charge is 2.25. The van der Waals surface area contributed by atoms with Crippen molar-refractivity contribution < 1.29 is 4.74 Å². The number of fused-ring (bicyclic) bond motifs is 1. The van der Waals surface area contributed by atoms with Gasteiger partial charge in [0.1, 0.15) is 16.9 Å². The van der Waals surface area contributed by atoms with Gasteiger partial charge in [-0.25, -0.2) is 9.97 Å². The van der Waals surface area contributed by atoms with E-state index < -0.39 is 0 Å². The standard InChI is InChI=1S/C16H17ClN4OS/c1-20-13-3-2-11(17)8-12(13)19-15(20)10-21-5-6-22-14(9-21)16-18-4-7-23-16/h2-4,7-8,14H,5-6,9-10H2,1H3/t14-/m0/s1. The molecule has 7 heteroatoms. The van der Waals surface area contributed by atoms with Crippen LogP contribution in [0.15, 0.2) is 29.8 Å². The first-order valence-corrected chi connectivity index (χ1v) is 8.80. The van der Waals surface area contributed by atoms with Crippen molar-refractivity contribution in [2.45, 2.75) is 12.6 Å². The summed E-state index contributed by atoms with van der Waals surface area (Å²) < 4.78 is 8.00. The van der Waals surface area contributed by atoms with Crippen LogP contribution in [0.2, 0.25) is 5.02 Å². The molecule has 23 heavy (non-hydrogen) atoms. The van der Waals surface area contributed by atoms with Gasteiger partial charge in [0, 0.05) is 36.7 Å². The fourth-order valence-corrected chi connectivity index (χ4v) is 3.80. The van der Waals surface area contributed by atoms with Gasteiger partial charge in [-0.2, -0.15) is 0 Å². The zero-order valence-corrected chi connectivity index (χ0v) is 14.3. The van der Waals surface area contributed by atoms with Crippen molar-refractivity contribution >= 4 is 34.0 Å². The monoisotopic (exact) mass is 348 g/mol. The summed E-state index contributed by atoms with van der Waals surface area (Å²) >= 11 is 7.71. The van der Waals surface area contributed by atoms with Gasteiger partial charge in [0.15, 0.2) is 0 Å². The molecule has 0 bridgehead atoms. The molecule has 0 unspecified atom stereocenters. The van der Waals surface area contributed by atoms with Crippen LogP contribution < -0.4 is 0 Å². The quantitative estimate of drug-likeness (QED) is 0.728. The maximum atomic E-state index is 6.07. The summed E-state index contributed by atoms with van der Waals surface area (Å²) in [6.07, 6.45) is 1.89. The van der Waals surface area contributed by atoms with Gasteiger partial charge in [-0.3, -0.25) is 4.90 Å². The van der Waals surface area contributed by atoms with Gasteiger partial charge in [-0.1, -0.05) is 11.6 Å². The number of aromatic nitrogens is 3. The lowest BCUT2D eigenvalue weighted by Gasteiger charge is -2.31. The van der Waals surface area contributed by atoms with Crippen LogP contribution in [0.25, 0.3) is 11.0 Å². The molecule has 1 saturated heterocycles. The number of halogens is 1. The molecule has 0 spiro atoms. The van der Waals surface area contributed by atoms with Gasteiger partial charge in [-0.15, -0.1) is 11.3 Å². The predicted octanol–water partition coefficient (Wildman–Crippen LogP) is 3.26. The summed E-state index contributed by atoms with van der Waals surface area (Å²) in [6, 6.07) is 5.84. The SMILES string of the molecule is Cn1c(CN2CCO[C@H](c3nccs3)C2)nc2cc(Cl)ccc21. The fourth-order valence-electron chi connectivity index (χ4n) is 2.95. The Bertz CT molecular complexity index is 817. The highest BCUT2D eigenvalue weighted by molar-refractivity contribution is 7.09. The summed E-state index contributed by atoms with van der Waals surface area (Å²) in [5.74, 6) is 1.04. The van der Waals surface area contributed by atoms with Gasteiger partial charge in [0.2, 0.25) is 0 Å². The highest BCUT2D eigenvalue weighted by atomic mass is 35.5. The Balaban J connectivity index is 1.54. The Morgan fingerprint density at radius 2 is 2.35 bits per heavy atom. The number of benzene rings is 1. The van der Waals surface area contributed by atoms with Gasteiger partial charge in [0.05, 0.1) is 24.2 Å². The molecule has 0 N–H and O–H groups in total. The molecule has 3 aromatic rings. The van der Waals surface area contributed by atoms with E-state index in [4.69, 9.17) is 21.3 Å². The smallest absolute Gasteiger partial charge is 0.123 e. The molecular weight excluding hydrogens is 332 g/mol. The van der Waals surface area contributed by atoms with E-state index >= 15 is 0 Å². The summed E-state index contributed by atoms with van der Waals surface area (Å²) in [5.41, 5.74) is 2.05. The van der Waals surface area contributed by atoms with Crippen molar-refractivity contribution in [3.63, 3.8) is 0 Å². The molecule has 1 aliphatic rings. The number of imidazole rings is 1. The minimum Gasteiger partial charge on any atom is -0.368 e. The van der Waals surface area contributed by atoms with Gasteiger partial charge >= 0.3 is 0 Å². The van der Waals surface area contributed by atoms with Crippen LogP contribution in [0.5, 0.6) is 0 Å². The molecule has 1 atom stereocenters. The van der Waals surface area contributed by atoms with Crippen molar-refractivity contribution in [1.29, 1.82) is 0 Å². The zero-order chi connectivity index (χ0) is 15.8. The summed E-state index contributed by atoms with van der Waals surface area (Å²) in [4.78, 5) is 11.5. The normalized spacial score (nSPS) is 19.5. The van der Waals surface area contributed by atoms with E-state index in [1.54, 1.807) is 11.3 Å². The third-order valence-electron chi connectivity index (χ3n) is 4.18. The average Bonchev–Trinajstić information content (AvgIpc) is 3.17. The molecular formula is C16H17ClN4OS. The highest BCUT2D eigenvalue weighted by Crippen LogP contribution is 2.25. The average molecular weight is 349 g/mol. The Kier molecular flexibility index (Phi) is 4.07. The number of rotatable bonds is 3. The number of ether oxygens (including phenoxy) is 1. The topological polar surface area (TPSA) is 43.2 Å². The van der Waals surface area contributed by atoms with Crippen LogP contribution in [-0.2, 0) is 18.3 Å². The second kappa shape index (κ2) is 6.20.